The van der Waals surface area contributed by atoms with E-state index in [1.807, 2.05) is 4.90 Å². The lowest BCUT2D eigenvalue weighted by Crippen LogP contribution is -2.40. The Morgan fingerprint density at radius 3 is 2.50 bits per heavy atom. The normalized spacial score (nSPS) is 17.9. The van der Waals surface area contributed by atoms with Crippen molar-refractivity contribution >= 4 is 21.8 Å². The molecule has 0 atom stereocenters. The van der Waals surface area contributed by atoms with Crippen LogP contribution in [0.25, 0.3) is 0 Å². The Morgan fingerprint density at radius 1 is 1.07 bits per heavy atom. The molecule has 7 nitrogen and oxygen atoms in total. The van der Waals surface area contributed by atoms with E-state index in [1.54, 1.807) is 24.3 Å². The Bertz CT molecular complexity index is 1060. The molecule has 0 saturated carbocycles. The average Bonchev–Trinajstić information content (AvgIpc) is 3.04. The topological polar surface area (TPSA) is 85.3 Å². The van der Waals surface area contributed by atoms with Gasteiger partial charge in [0.1, 0.15) is 29.7 Å². The van der Waals surface area contributed by atoms with Crippen molar-refractivity contribution in [3.05, 3.63) is 59.9 Å². The number of rotatable bonds is 5. The fraction of sp³-hybridized carbons (Fsp3) is 0.333. The molecule has 0 unspecified atom stereocenters. The monoisotopic (exact) mass is 432 g/mol. The number of piperidine rings is 1. The van der Waals surface area contributed by atoms with Crippen LogP contribution in [0.15, 0.2) is 57.8 Å². The van der Waals surface area contributed by atoms with Gasteiger partial charge in [-0.25, -0.2) is 4.39 Å². The summed E-state index contributed by atoms with van der Waals surface area (Å²) in [6, 6.07) is 12.4. The van der Waals surface area contributed by atoms with Gasteiger partial charge in [0.25, 0.3) is 10.0 Å². The van der Waals surface area contributed by atoms with E-state index in [2.05, 4.69) is 4.40 Å². The Labute approximate surface area is 174 Å². The van der Waals surface area contributed by atoms with Crippen LogP contribution in [-0.4, -0.2) is 51.4 Å². The summed E-state index contributed by atoms with van der Waals surface area (Å²) in [7, 11) is -3.65. The second-order valence-electron chi connectivity index (χ2n) is 7.12. The SMILES string of the molecule is O=C(OCCOc1ccc(F)cc1)C1CCN(C2=NS(=O)(=O)c3ccccc32)CC1. The van der Waals surface area contributed by atoms with Gasteiger partial charge in [-0.15, -0.1) is 4.40 Å². The molecule has 2 heterocycles. The van der Waals surface area contributed by atoms with Gasteiger partial charge in [-0.2, -0.15) is 8.42 Å². The van der Waals surface area contributed by atoms with Crippen LogP contribution < -0.4 is 4.74 Å². The molecule has 1 saturated heterocycles. The molecule has 0 spiro atoms. The van der Waals surface area contributed by atoms with Gasteiger partial charge in [0.05, 0.1) is 5.92 Å². The van der Waals surface area contributed by atoms with Crippen LogP contribution in [0.3, 0.4) is 0 Å². The molecule has 0 bridgehead atoms. The molecule has 2 aromatic rings. The second-order valence-corrected chi connectivity index (χ2v) is 8.69. The molecular weight excluding hydrogens is 411 g/mol. The van der Waals surface area contributed by atoms with E-state index >= 15 is 0 Å². The molecule has 158 valence electrons. The van der Waals surface area contributed by atoms with Crippen LogP contribution in [0.4, 0.5) is 4.39 Å². The van der Waals surface area contributed by atoms with Crippen LogP contribution >= 0.6 is 0 Å². The van der Waals surface area contributed by atoms with E-state index < -0.39 is 10.0 Å². The maximum atomic E-state index is 12.9. The first-order valence-electron chi connectivity index (χ1n) is 9.68. The van der Waals surface area contributed by atoms with Crippen LogP contribution in [0, 0.1) is 11.7 Å². The number of sulfonamides is 1. The second kappa shape index (κ2) is 8.43. The molecule has 9 heteroatoms. The minimum atomic E-state index is -3.65. The molecule has 30 heavy (non-hydrogen) atoms. The lowest BCUT2D eigenvalue weighted by molar-refractivity contribution is -0.150. The summed E-state index contributed by atoms with van der Waals surface area (Å²) in [5, 5.41) is 0. The quantitative estimate of drug-likeness (QED) is 0.533. The van der Waals surface area contributed by atoms with Gasteiger partial charge in [0.15, 0.2) is 5.84 Å². The molecule has 2 aliphatic heterocycles. The van der Waals surface area contributed by atoms with Gasteiger partial charge in [-0.05, 0) is 49.2 Å². The molecule has 1 fully saturated rings. The number of nitrogens with zero attached hydrogens (tertiary/aromatic N) is 2. The maximum Gasteiger partial charge on any atom is 0.309 e. The minimum absolute atomic E-state index is 0.106. The Morgan fingerprint density at radius 2 is 1.77 bits per heavy atom. The van der Waals surface area contributed by atoms with Crippen LogP contribution in [-0.2, 0) is 19.6 Å². The molecule has 0 N–H and O–H groups in total. The summed E-state index contributed by atoms with van der Waals surface area (Å²) in [6.07, 6.45) is 1.11. The van der Waals surface area contributed by atoms with Gasteiger partial charge in [0, 0.05) is 18.7 Å². The number of amidine groups is 1. The van der Waals surface area contributed by atoms with Crippen molar-refractivity contribution in [1.82, 2.24) is 4.90 Å². The Kier molecular flexibility index (Phi) is 5.72. The molecule has 2 aliphatic rings. The number of benzene rings is 2. The highest BCUT2D eigenvalue weighted by Crippen LogP contribution is 2.29. The molecule has 0 aromatic heterocycles. The number of carbonyl (C=O) groups excluding carboxylic acids is 1. The number of halogens is 1. The fourth-order valence-corrected chi connectivity index (χ4v) is 4.82. The van der Waals surface area contributed by atoms with E-state index in [0.717, 1.165) is 0 Å². The third-order valence-corrected chi connectivity index (χ3v) is 6.48. The van der Waals surface area contributed by atoms with Gasteiger partial charge in [-0.3, -0.25) is 4.79 Å². The number of hydrogen-bond acceptors (Lipinski definition) is 6. The molecule has 0 aliphatic carbocycles. The fourth-order valence-electron chi connectivity index (χ4n) is 3.59. The van der Waals surface area contributed by atoms with Gasteiger partial charge in [0.2, 0.25) is 0 Å². The number of carbonyl (C=O) groups is 1. The van der Waals surface area contributed by atoms with E-state index in [9.17, 15) is 17.6 Å². The predicted molar refractivity (Wildman–Crippen MR) is 107 cm³/mol. The number of hydrogen-bond donors (Lipinski definition) is 0. The van der Waals surface area contributed by atoms with Crippen LogP contribution in [0.2, 0.25) is 0 Å². The summed E-state index contributed by atoms with van der Waals surface area (Å²) in [5.41, 5.74) is 0.608. The van der Waals surface area contributed by atoms with Crippen molar-refractivity contribution in [3.63, 3.8) is 0 Å². The lowest BCUT2D eigenvalue weighted by Gasteiger charge is -2.32. The van der Waals surface area contributed by atoms with Gasteiger partial charge >= 0.3 is 5.97 Å². The molecule has 0 radical (unpaired) electrons. The summed E-state index contributed by atoms with van der Waals surface area (Å²) in [6.45, 7) is 1.33. The van der Waals surface area contributed by atoms with Crippen molar-refractivity contribution < 1.29 is 27.1 Å². The van der Waals surface area contributed by atoms with Crippen molar-refractivity contribution in [3.8, 4) is 5.75 Å². The van der Waals surface area contributed by atoms with Gasteiger partial charge in [-0.1, -0.05) is 12.1 Å². The maximum absolute atomic E-state index is 12.9. The molecule has 0 amide bonds. The third-order valence-electron chi connectivity index (χ3n) is 5.15. The highest BCUT2D eigenvalue weighted by atomic mass is 32.2. The molecule has 4 rings (SSSR count). The highest BCUT2D eigenvalue weighted by Gasteiger charge is 2.34. The molecular formula is C21H21FN2O5S. The molecule has 2 aromatic carbocycles. The van der Waals surface area contributed by atoms with Crippen molar-refractivity contribution in [2.75, 3.05) is 26.3 Å². The van der Waals surface area contributed by atoms with Crippen LogP contribution in [0.5, 0.6) is 5.75 Å². The number of likely N-dealkylation sites (tertiary alicyclic amines) is 1. The first kappa shape index (κ1) is 20.3. The minimum Gasteiger partial charge on any atom is -0.490 e. The first-order valence-corrected chi connectivity index (χ1v) is 11.1. The van der Waals surface area contributed by atoms with Crippen LogP contribution in [0.1, 0.15) is 18.4 Å². The smallest absolute Gasteiger partial charge is 0.309 e. The first-order chi connectivity index (χ1) is 14.4. The number of fused-ring (bicyclic) bond motifs is 1. The standard InChI is InChI=1S/C21H21FN2O5S/c22-16-5-7-17(8-6-16)28-13-14-29-21(25)15-9-11-24(12-10-15)20-18-3-1-2-4-19(18)30(26,27)23-20/h1-8,15H,9-14H2. The average molecular weight is 432 g/mol. The summed E-state index contributed by atoms with van der Waals surface area (Å²) < 4.78 is 52.0. The van der Waals surface area contributed by atoms with E-state index in [1.165, 1.54) is 24.3 Å². The summed E-state index contributed by atoms with van der Waals surface area (Å²) in [5.74, 6) is 0.0721. The highest BCUT2D eigenvalue weighted by molar-refractivity contribution is 7.90. The van der Waals surface area contributed by atoms with E-state index in [-0.39, 0.29) is 35.8 Å². The van der Waals surface area contributed by atoms with Gasteiger partial charge < -0.3 is 14.4 Å². The predicted octanol–water partition coefficient (Wildman–Crippen LogP) is 2.61. The third kappa shape index (κ3) is 4.30. The zero-order valence-electron chi connectivity index (χ0n) is 16.2. The van der Waals surface area contributed by atoms with Crippen molar-refractivity contribution in [2.24, 2.45) is 10.3 Å². The summed E-state index contributed by atoms with van der Waals surface area (Å²) >= 11 is 0. The summed E-state index contributed by atoms with van der Waals surface area (Å²) in [4.78, 5) is 14.4. The Balaban J connectivity index is 1.26. The van der Waals surface area contributed by atoms with E-state index in [0.29, 0.717) is 43.1 Å². The zero-order valence-corrected chi connectivity index (χ0v) is 17.0. The lowest BCUT2D eigenvalue weighted by atomic mass is 9.96. The Hall–Kier alpha value is -2.94. The van der Waals surface area contributed by atoms with Crippen molar-refractivity contribution in [1.29, 1.82) is 0 Å². The largest absolute Gasteiger partial charge is 0.490 e. The number of ether oxygens (including phenoxy) is 2. The zero-order chi connectivity index (χ0) is 21.1. The van der Waals surface area contributed by atoms with E-state index in [4.69, 9.17) is 9.47 Å². The van der Waals surface area contributed by atoms with Crippen molar-refractivity contribution in [2.45, 2.75) is 17.7 Å². The number of esters is 1.